The van der Waals surface area contributed by atoms with Gasteiger partial charge in [0.05, 0.1) is 12.3 Å². The number of benzene rings is 1. The Labute approximate surface area is 105 Å². The first-order valence-electron chi connectivity index (χ1n) is 5.49. The molecule has 1 atom stereocenters. The standard InChI is InChI=1S/C11H14N2O4S/c14-11(12-15)7-13-10(8-18(13,16)17)6-9-4-2-1-3-5-9/h1-5,10,15H,6-8H2,(H,12,14). The maximum atomic E-state index is 11.5. The van der Waals surface area contributed by atoms with E-state index in [1.807, 2.05) is 30.3 Å². The van der Waals surface area contributed by atoms with Gasteiger partial charge in [-0.3, -0.25) is 10.0 Å². The number of nitrogens with zero attached hydrogens (tertiary/aromatic N) is 1. The molecule has 18 heavy (non-hydrogen) atoms. The summed E-state index contributed by atoms with van der Waals surface area (Å²) in [7, 11) is -3.34. The number of carbonyl (C=O) groups excluding carboxylic acids is 1. The minimum Gasteiger partial charge on any atom is -0.289 e. The Morgan fingerprint density at radius 3 is 2.61 bits per heavy atom. The monoisotopic (exact) mass is 270 g/mol. The molecule has 1 aromatic carbocycles. The summed E-state index contributed by atoms with van der Waals surface area (Å²) >= 11 is 0. The number of nitrogens with one attached hydrogen (secondary N) is 1. The predicted molar refractivity (Wildman–Crippen MR) is 64.4 cm³/mol. The van der Waals surface area contributed by atoms with E-state index in [9.17, 15) is 13.2 Å². The van der Waals surface area contributed by atoms with Crippen LogP contribution < -0.4 is 5.48 Å². The normalized spacial score (nSPS) is 22.2. The maximum Gasteiger partial charge on any atom is 0.258 e. The number of hydrogen-bond acceptors (Lipinski definition) is 4. The fourth-order valence-corrected chi connectivity index (χ4v) is 3.65. The number of amides is 1. The molecule has 1 amide bonds. The topological polar surface area (TPSA) is 86.7 Å². The van der Waals surface area contributed by atoms with E-state index < -0.39 is 15.9 Å². The van der Waals surface area contributed by atoms with Crippen molar-refractivity contribution in [1.82, 2.24) is 9.79 Å². The van der Waals surface area contributed by atoms with Crippen LogP contribution in [0.3, 0.4) is 0 Å². The minimum atomic E-state index is -3.34. The molecule has 1 aliphatic rings. The van der Waals surface area contributed by atoms with E-state index in [0.717, 1.165) is 9.87 Å². The molecule has 0 aromatic heterocycles. The average molecular weight is 270 g/mol. The van der Waals surface area contributed by atoms with Gasteiger partial charge in [0.1, 0.15) is 0 Å². The highest BCUT2D eigenvalue weighted by atomic mass is 32.2. The third-order valence-electron chi connectivity index (χ3n) is 2.91. The molecule has 1 saturated heterocycles. The Morgan fingerprint density at radius 2 is 2.06 bits per heavy atom. The van der Waals surface area contributed by atoms with Crippen molar-refractivity contribution in [3.8, 4) is 0 Å². The van der Waals surface area contributed by atoms with E-state index in [-0.39, 0.29) is 18.3 Å². The second-order valence-electron chi connectivity index (χ2n) is 4.20. The molecule has 6 nitrogen and oxygen atoms in total. The summed E-state index contributed by atoms with van der Waals surface area (Å²) < 4.78 is 24.2. The van der Waals surface area contributed by atoms with Gasteiger partial charge in [-0.1, -0.05) is 30.3 Å². The predicted octanol–water partition coefficient (Wildman–Crippen LogP) is -0.251. The first-order chi connectivity index (χ1) is 8.53. The summed E-state index contributed by atoms with van der Waals surface area (Å²) in [5, 5.41) is 8.43. The molecule has 2 rings (SSSR count). The molecule has 98 valence electrons. The fraction of sp³-hybridized carbons (Fsp3) is 0.364. The van der Waals surface area contributed by atoms with Crippen LogP contribution in [-0.4, -0.2) is 42.2 Å². The molecule has 0 saturated carbocycles. The van der Waals surface area contributed by atoms with Gasteiger partial charge < -0.3 is 0 Å². The zero-order valence-corrected chi connectivity index (χ0v) is 10.4. The molecule has 0 aliphatic carbocycles. The molecule has 7 heteroatoms. The van der Waals surface area contributed by atoms with Crippen LogP contribution >= 0.6 is 0 Å². The number of sulfonamides is 1. The van der Waals surface area contributed by atoms with Gasteiger partial charge in [-0.15, -0.1) is 0 Å². The third kappa shape index (κ3) is 2.69. The van der Waals surface area contributed by atoms with Crippen molar-refractivity contribution in [3.63, 3.8) is 0 Å². The van der Waals surface area contributed by atoms with Crippen LogP contribution in [0.25, 0.3) is 0 Å². The van der Waals surface area contributed by atoms with Gasteiger partial charge in [0.15, 0.2) is 0 Å². The van der Waals surface area contributed by atoms with Gasteiger partial charge >= 0.3 is 0 Å². The van der Waals surface area contributed by atoms with Gasteiger partial charge in [-0.2, -0.15) is 4.31 Å². The number of rotatable bonds is 4. The van der Waals surface area contributed by atoms with Gasteiger partial charge in [-0.25, -0.2) is 13.9 Å². The largest absolute Gasteiger partial charge is 0.289 e. The molecule has 1 heterocycles. The second-order valence-corrected chi connectivity index (χ2v) is 6.17. The van der Waals surface area contributed by atoms with Crippen LogP contribution in [0.1, 0.15) is 5.56 Å². The summed E-state index contributed by atoms with van der Waals surface area (Å²) in [6, 6.07) is 9.26. The summed E-state index contributed by atoms with van der Waals surface area (Å²) in [5.41, 5.74) is 2.46. The SMILES string of the molecule is O=C(CN1C(Cc2ccccc2)CS1(=O)=O)NO. The lowest BCUT2D eigenvalue weighted by atomic mass is 10.1. The quantitative estimate of drug-likeness (QED) is 0.583. The highest BCUT2D eigenvalue weighted by Crippen LogP contribution is 2.24. The van der Waals surface area contributed by atoms with E-state index >= 15 is 0 Å². The number of carbonyl (C=O) groups is 1. The van der Waals surface area contributed by atoms with Crippen LogP contribution in [0.15, 0.2) is 30.3 Å². The van der Waals surface area contributed by atoms with Gasteiger partial charge in [0.2, 0.25) is 10.0 Å². The number of hydroxylamine groups is 1. The van der Waals surface area contributed by atoms with Crippen molar-refractivity contribution in [3.05, 3.63) is 35.9 Å². The second kappa shape index (κ2) is 5.05. The van der Waals surface area contributed by atoms with E-state index in [2.05, 4.69) is 0 Å². The Hall–Kier alpha value is -1.44. The summed E-state index contributed by atoms with van der Waals surface area (Å²) in [6.07, 6.45) is 0.568. The third-order valence-corrected chi connectivity index (χ3v) is 4.85. The molecule has 1 unspecified atom stereocenters. The van der Waals surface area contributed by atoms with Crippen molar-refractivity contribution in [1.29, 1.82) is 0 Å². The lowest BCUT2D eigenvalue weighted by Gasteiger charge is -2.39. The summed E-state index contributed by atoms with van der Waals surface area (Å²) in [6.45, 7) is -0.337. The van der Waals surface area contributed by atoms with E-state index in [0.29, 0.717) is 6.42 Å². The van der Waals surface area contributed by atoms with Crippen molar-refractivity contribution in [2.75, 3.05) is 12.3 Å². The molecular weight excluding hydrogens is 256 g/mol. The van der Waals surface area contributed by atoms with Crippen molar-refractivity contribution in [2.24, 2.45) is 0 Å². The lowest BCUT2D eigenvalue weighted by molar-refractivity contribution is -0.129. The molecule has 0 spiro atoms. The maximum absolute atomic E-state index is 11.5. The molecule has 1 fully saturated rings. The summed E-state index contributed by atoms with van der Waals surface area (Å²) in [5.74, 6) is -0.683. The van der Waals surface area contributed by atoms with E-state index in [1.165, 1.54) is 5.48 Å². The van der Waals surface area contributed by atoms with Crippen LogP contribution in [0, 0.1) is 0 Å². The fourth-order valence-electron chi connectivity index (χ4n) is 2.02. The smallest absolute Gasteiger partial charge is 0.258 e. The van der Waals surface area contributed by atoms with Gasteiger partial charge in [0, 0.05) is 6.04 Å². The van der Waals surface area contributed by atoms with E-state index in [1.54, 1.807) is 0 Å². The van der Waals surface area contributed by atoms with Crippen molar-refractivity contribution >= 4 is 15.9 Å². The van der Waals surface area contributed by atoms with Crippen LogP contribution in [-0.2, 0) is 21.2 Å². The molecule has 0 bridgehead atoms. The Bertz CT molecular complexity index is 529. The number of hydrogen-bond donors (Lipinski definition) is 2. The minimum absolute atomic E-state index is 0.0423. The van der Waals surface area contributed by atoms with Gasteiger partial charge in [-0.05, 0) is 12.0 Å². The van der Waals surface area contributed by atoms with Crippen molar-refractivity contribution < 1.29 is 18.4 Å². The average Bonchev–Trinajstić information content (AvgIpc) is 2.36. The molecule has 1 aromatic rings. The Balaban J connectivity index is 2.04. The zero-order chi connectivity index (χ0) is 13.2. The molecular formula is C11H14N2O4S. The first kappa shape index (κ1) is 13.0. The molecule has 1 aliphatic heterocycles. The lowest BCUT2D eigenvalue weighted by Crippen LogP contribution is -2.59. The highest BCUT2D eigenvalue weighted by molar-refractivity contribution is 7.90. The summed E-state index contributed by atoms with van der Waals surface area (Å²) in [4.78, 5) is 11.0. The highest BCUT2D eigenvalue weighted by Gasteiger charge is 2.43. The van der Waals surface area contributed by atoms with Crippen LogP contribution in [0.5, 0.6) is 0 Å². The molecule has 0 radical (unpaired) electrons. The molecule has 2 N–H and O–H groups in total. The zero-order valence-electron chi connectivity index (χ0n) is 9.61. The first-order valence-corrected chi connectivity index (χ1v) is 7.10. The Morgan fingerprint density at radius 1 is 1.39 bits per heavy atom. The van der Waals surface area contributed by atoms with E-state index in [4.69, 9.17) is 5.21 Å². The van der Waals surface area contributed by atoms with Crippen molar-refractivity contribution in [2.45, 2.75) is 12.5 Å². The van der Waals surface area contributed by atoms with Gasteiger partial charge in [0.25, 0.3) is 5.91 Å². The van der Waals surface area contributed by atoms with Crippen LogP contribution in [0.4, 0.5) is 0 Å². The van der Waals surface area contributed by atoms with Crippen LogP contribution in [0.2, 0.25) is 0 Å². The Kier molecular flexibility index (Phi) is 3.65.